The first-order valence-electron chi connectivity index (χ1n) is 6.31. The van der Waals surface area contributed by atoms with Crippen molar-refractivity contribution in [1.29, 1.82) is 0 Å². The Bertz CT molecular complexity index is 611. The van der Waals surface area contributed by atoms with Crippen molar-refractivity contribution in [3.63, 3.8) is 0 Å². The van der Waals surface area contributed by atoms with Crippen LogP contribution in [-0.4, -0.2) is 5.11 Å². The average molecular weight is 331 g/mol. The smallest absolute Gasteiger partial charge is 0.150 e. The summed E-state index contributed by atoms with van der Waals surface area (Å²) in [5, 5.41) is 10.2. The average Bonchev–Trinajstić information content (AvgIpc) is 2.49. The van der Waals surface area contributed by atoms with Crippen LogP contribution < -0.4 is 4.74 Å². The topological polar surface area (TPSA) is 29.5 Å². The summed E-state index contributed by atoms with van der Waals surface area (Å²) in [5.41, 5.74) is -0.512. The second-order valence-electron chi connectivity index (χ2n) is 4.44. The van der Waals surface area contributed by atoms with E-state index in [0.29, 0.717) is 17.7 Å². The third-order valence-corrected chi connectivity index (χ3v) is 3.66. The highest BCUT2D eigenvalue weighted by Gasteiger charge is 2.23. The Balaban J connectivity index is 2.17. The van der Waals surface area contributed by atoms with E-state index in [0.717, 1.165) is 10.2 Å². The predicted molar refractivity (Wildman–Crippen MR) is 83.7 cm³/mol. The molecule has 0 spiro atoms. The Morgan fingerprint density at radius 3 is 2.05 bits per heavy atom. The lowest BCUT2D eigenvalue weighted by Crippen LogP contribution is -2.21. The highest BCUT2D eigenvalue weighted by molar-refractivity contribution is 9.10. The van der Waals surface area contributed by atoms with E-state index in [-0.39, 0.29) is 0 Å². The monoisotopic (exact) mass is 330 g/mol. The van der Waals surface area contributed by atoms with Gasteiger partial charge >= 0.3 is 0 Å². The summed E-state index contributed by atoms with van der Waals surface area (Å²) in [5.74, 6) is 3.88. The first-order valence-corrected chi connectivity index (χ1v) is 7.11. The standard InChI is InChI=1S/C17H15BrO2/c1-3-17(19,4-2)13-5-9-15(10-6-13)20-16-11-7-14(18)8-12-16/h1,5-12,19H,4H2,2H3. The fraction of sp³-hybridized carbons (Fsp3) is 0.176. The van der Waals surface area contributed by atoms with Crippen molar-refractivity contribution in [2.45, 2.75) is 18.9 Å². The van der Waals surface area contributed by atoms with E-state index in [1.165, 1.54) is 0 Å². The number of hydrogen-bond donors (Lipinski definition) is 1. The fourth-order valence-corrected chi connectivity index (χ4v) is 2.09. The van der Waals surface area contributed by atoms with Gasteiger partial charge in [-0.3, -0.25) is 0 Å². The molecule has 0 aromatic heterocycles. The van der Waals surface area contributed by atoms with Crippen molar-refractivity contribution < 1.29 is 9.84 Å². The molecule has 0 aliphatic carbocycles. The zero-order chi connectivity index (χ0) is 14.6. The van der Waals surface area contributed by atoms with Crippen molar-refractivity contribution in [2.24, 2.45) is 0 Å². The van der Waals surface area contributed by atoms with Gasteiger partial charge in [0.15, 0.2) is 0 Å². The molecular formula is C17H15BrO2. The van der Waals surface area contributed by atoms with Crippen LogP contribution in [0.4, 0.5) is 0 Å². The zero-order valence-electron chi connectivity index (χ0n) is 11.1. The van der Waals surface area contributed by atoms with Gasteiger partial charge in [-0.2, -0.15) is 0 Å². The molecule has 0 fully saturated rings. The van der Waals surface area contributed by atoms with Gasteiger partial charge in [0.2, 0.25) is 0 Å². The van der Waals surface area contributed by atoms with Gasteiger partial charge in [0, 0.05) is 4.47 Å². The molecule has 2 aromatic rings. The molecule has 0 heterocycles. The van der Waals surface area contributed by atoms with E-state index < -0.39 is 5.60 Å². The molecule has 2 aromatic carbocycles. The molecule has 3 heteroatoms. The molecular weight excluding hydrogens is 316 g/mol. The van der Waals surface area contributed by atoms with E-state index in [2.05, 4.69) is 21.9 Å². The van der Waals surface area contributed by atoms with Gasteiger partial charge < -0.3 is 9.84 Å². The summed E-state index contributed by atoms with van der Waals surface area (Å²) >= 11 is 3.38. The molecule has 0 bridgehead atoms. The summed E-state index contributed by atoms with van der Waals surface area (Å²) in [4.78, 5) is 0. The zero-order valence-corrected chi connectivity index (χ0v) is 12.7. The normalized spacial score (nSPS) is 13.3. The van der Waals surface area contributed by atoms with Crippen LogP contribution >= 0.6 is 15.9 Å². The van der Waals surface area contributed by atoms with Gasteiger partial charge in [-0.05, 0) is 48.4 Å². The van der Waals surface area contributed by atoms with Crippen molar-refractivity contribution in [2.75, 3.05) is 0 Å². The Morgan fingerprint density at radius 2 is 1.60 bits per heavy atom. The Kier molecular flexibility index (Phi) is 4.49. The number of aliphatic hydroxyl groups is 1. The number of halogens is 1. The van der Waals surface area contributed by atoms with Crippen molar-refractivity contribution >= 4 is 15.9 Å². The molecule has 0 saturated heterocycles. The van der Waals surface area contributed by atoms with Crippen molar-refractivity contribution in [3.05, 3.63) is 58.6 Å². The number of rotatable bonds is 4. The van der Waals surface area contributed by atoms with Crippen LogP contribution in [0.5, 0.6) is 11.5 Å². The van der Waals surface area contributed by atoms with Crippen LogP contribution in [0.15, 0.2) is 53.0 Å². The van der Waals surface area contributed by atoms with E-state index >= 15 is 0 Å². The quantitative estimate of drug-likeness (QED) is 0.838. The van der Waals surface area contributed by atoms with Gasteiger partial charge in [0.25, 0.3) is 0 Å². The maximum atomic E-state index is 10.2. The number of terminal acetylenes is 1. The summed E-state index contributed by atoms with van der Waals surface area (Å²) in [6.45, 7) is 1.85. The van der Waals surface area contributed by atoms with Crippen LogP contribution in [0.1, 0.15) is 18.9 Å². The number of hydrogen-bond acceptors (Lipinski definition) is 2. The summed E-state index contributed by atoms with van der Waals surface area (Å²) in [6, 6.07) is 14.8. The van der Waals surface area contributed by atoms with Crippen molar-refractivity contribution in [3.8, 4) is 23.8 Å². The van der Waals surface area contributed by atoms with Crippen LogP contribution in [0.3, 0.4) is 0 Å². The summed E-state index contributed by atoms with van der Waals surface area (Å²) < 4.78 is 6.72. The maximum Gasteiger partial charge on any atom is 0.150 e. The molecule has 0 aliphatic heterocycles. The molecule has 2 rings (SSSR count). The number of ether oxygens (including phenoxy) is 1. The van der Waals surface area contributed by atoms with Gasteiger partial charge in [0.05, 0.1) is 0 Å². The van der Waals surface area contributed by atoms with Crippen LogP contribution in [0, 0.1) is 12.3 Å². The molecule has 0 amide bonds. The maximum absolute atomic E-state index is 10.2. The van der Waals surface area contributed by atoms with E-state index in [1.807, 2.05) is 31.2 Å². The fourth-order valence-electron chi connectivity index (χ4n) is 1.83. The molecule has 1 atom stereocenters. The van der Waals surface area contributed by atoms with Gasteiger partial charge in [-0.1, -0.05) is 40.9 Å². The minimum atomic E-state index is -1.21. The van der Waals surface area contributed by atoms with E-state index in [9.17, 15) is 5.11 Å². The molecule has 20 heavy (non-hydrogen) atoms. The van der Waals surface area contributed by atoms with Gasteiger partial charge in [0.1, 0.15) is 17.1 Å². The highest BCUT2D eigenvalue weighted by atomic mass is 79.9. The molecule has 102 valence electrons. The Hall–Kier alpha value is -1.76. The predicted octanol–water partition coefficient (Wildman–Crippen LogP) is 4.47. The third kappa shape index (κ3) is 3.22. The number of benzene rings is 2. The molecule has 0 saturated carbocycles. The third-order valence-electron chi connectivity index (χ3n) is 3.13. The van der Waals surface area contributed by atoms with Gasteiger partial charge in [-0.25, -0.2) is 0 Å². The van der Waals surface area contributed by atoms with E-state index in [1.54, 1.807) is 24.3 Å². The van der Waals surface area contributed by atoms with Crippen LogP contribution in [0.25, 0.3) is 0 Å². The summed E-state index contributed by atoms with van der Waals surface area (Å²) in [6.07, 6.45) is 5.86. The van der Waals surface area contributed by atoms with Crippen LogP contribution in [-0.2, 0) is 5.60 Å². The molecule has 0 aliphatic rings. The Labute approximate surface area is 127 Å². The Morgan fingerprint density at radius 1 is 1.10 bits per heavy atom. The summed E-state index contributed by atoms with van der Waals surface area (Å²) in [7, 11) is 0. The van der Waals surface area contributed by atoms with E-state index in [4.69, 9.17) is 11.2 Å². The lowest BCUT2D eigenvalue weighted by molar-refractivity contribution is 0.0961. The SMILES string of the molecule is C#CC(O)(CC)c1ccc(Oc2ccc(Br)cc2)cc1. The first-order chi connectivity index (χ1) is 9.57. The van der Waals surface area contributed by atoms with Crippen LogP contribution in [0.2, 0.25) is 0 Å². The highest BCUT2D eigenvalue weighted by Crippen LogP contribution is 2.28. The lowest BCUT2D eigenvalue weighted by Gasteiger charge is -2.20. The molecule has 1 N–H and O–H groups in total. The second-order valence-corrected chi connectivity index (χ2v) is 5.35. The molecule has 0 radical (unpaired) electrons. The first kappa shape index (κ1) is 14.6. The van der Waals surface area contributed by atoms with Crippen molar-refractivity contribution in [1.82, 2.24) is 0 Å². The minimum Gasteiger partial charge on any atom is -0.457 e. The second kappa shape index (κ2) is 6.13. The largest absolute Gasteiger partial charge is 0.457 e. The van der Waals surface area contributed by atoms with Gasteiger partial charge in [-0.15, -0.1) is 6.42 Å². The molecule has 1 unspecified atom stereocenters. The minimum absolute atomic E-state index is 0.469. The molecule has 2 nitrogen and oxygen atoms in total. The lowest BCUT2D eigenvalue weighted by atomic mass is 9.92.